The monoisotopic (exact) mass is 975 g/mol. The number of carboxylic acids is 1. The van der Waals surface area contributed by atoms with Crippen molar-refractivity contribution < 1.29 is 58.5 Å². The SMILES string of the molecule is NC(=O)c1oc2cc(O[C@@H]3O[C@H](C(=O)O)[C@@H](O)[C@]4(C=O)OCSSC[C@@H](c5cc[nH]c5)[C@@H]([C@H]5CC#CCC[C@@H]6C=C/C(=C/C5)c5ccccc56)CN[C@@H](O)[C@]34O)ccc2c(=O)c1-c1ccc(O)cc1. The van der Waals surface area contributed by atoms with Crippen LogP contribution in [0.1, 0.15) is 64.8 Å². The summed E-state index contributed by atoms with van der Waals surface area (Å²) in [5, 5.41) is 60.5. The van der Waals surface area contributed by atoms with E-state index in [0.717, 1.165) is 40.0 Å². The Morgan fingerprint density at radius 3 is 2.59 bits per heavy atom. The molecule has 5 aliphatic rings. The van der Waals surface area contributed by atoms with E-state index in [0.29, 0.717) is 25.0 Å². The molecule has 69 heavy (non-hydrogen) atoms. The molecule has 3 aliphatic carbocycles. The number of aliphatic carboxylic acids is 1. The van der Waals surface area contributed by atoms with Gasteiger partial charge in [-0.3, -0.25) is 19.7 Å². The molecular weight excluding hydrogens is 927 g/mol. The molecule has 1 amide bonds. The van der Waals surface area contributed by atoms with Gasteiger partial charge in [-0.15, -0.1) is 11.8 Å². The second-order valence-electron chi connectivity index (χ2n) is 17.4. The fourth-order valence-electron chi connectivity index (χ4n) is 9.93. The second kappa shape index (κ2) is 20.1. The molecule has 2 aromatic heterocycles. The Morgan fingerprint density at radius 2 is 1.84 bits per heavy atom. The number of fused-ring (bicyclic) bond motifs is 8. The predicted octanol–water partition coefficient (Wildman–Crippen LogP) is 5.42. The van der Waals surface area contributed by atoms with Crippen molar-refractivity contribution in [3.05, 3.63) is 136 Å². The Kier molecular flexibility index (Phi) is 13.9. The molecule has 10 rings (SSSR count). The van der Waals surface area contributed by atoms with Crippen molar-refractivity contribution in [2.24, 2.45) is 17.6 Å². The third-order valence-electron chi connectivity index (χ3n) is 13.6. The largest absolute Gasteiger partial charge is 0.508 e. The van der Waals surface area contributed by atoms with E-state index >= 15 is 0 Å². The van der Waals surface area contributed by atoms with Crippen molar-refractivity contribution in [1.29, 1.82) is 0 Å². The highest BCUT2D eigenvalue weighted by Gasteiger charge is 2.72. The molecule has 18 heteroatoms. The average Bonchev–Trinajstić information content (AvgIpc) is 3.88. The first kappa shape index (κ1) is 47.9. The number of carboxylic acid groups (broad SMARTS) is 1. The number of carbonyl (C=O) groups excluding carboxylic acids is 2. The van der Waals surface area contributed by atoms with Gasteiger partial charge < -0.3 is 54.9 Å². The number of amides is 1. The summed E-state index contributed by atoms with van der Waals surface area (Å²) < 4.78 is 23.9. The molecule has 16 nitrogen and oxygen atoms in total. The van der Waals surface area contributed by atoms with Gasteiger partial charge in [-0.05, 0) is 88.8 Å². The van der Waals surface area contributed by atoms with Gasteiger partial charge in [0.05, 0.1) is 10.9 Å². The van der Waals surface area contributed by atoms with Crippen LogP contribution in [0, 0.1) is 23.7 Å². The minimum atomic E-state index is -3.11. The first-order chi connectivity index (χ1) is 33.3. The molecule has 0 saturated carbocycles. The molecule has 4 heterocycles. The number of hydrogen-bond donors (Lipinski definition) is 8. The van der Waals surface area contributed by atoms with Crippen molar-refractivity contribution >= 4 is 56.3 Å². The normalized spacial score (nSPS) is 30.3. The Labute approximate surface area is 403 Å². The fraction of sp³-hybridized carbons (Fsp3) is 0.333. The summed E-state index contributed by atoms with van der Waals surface area (Å²) in [5.74, 6) is 2.92. The minimum Gasteiger partial charge on any atom is -0.508 e. The van der Waals surface area contributed by atoms with Crippen LogP contribution in [0.4, 0.5) is 0 Å². The molecule has 0 spiro atoms. The summed E-state index contributed by atoms with van der Waals surface area (Å²) in [6, 6.07) is 19.5. The first-order valence-corrected chi connectivity index (χ1v) is 24.8. The third kappa shape index (κ3) is 9.01. The number of phenolic OH excluding ortho intramolecular Hbond substituents is 1. The van der Waals surface area contributed by atoms with Crippen LogP contribution in [0.2, 0.25) is 0 Å². The van der Waals surface area contributed by atoms with E-state index in [4.69, 9.17) is 24.4 Å². The first-order valence-electron chi connectivity index (χ1n) is 22.3. The quantitative estimate of drug-likeness (QED) is 0.0548. The van der Waals surface area contributed by atoms with E-state index in [1.807, 2.05) is 30.6 Å². The van der Waals surface area contributed by atoms with E-state index in [-0.39, 0.29) is 76.0 Å². The van der Waals surface area contributed by atoms with Gasteiger partial charge in [-0.2, -0.15) is 0 Å². The van der Waals surface area contributed by atoms with E-state index < -0.39 is 59.0 Å². The van der Waals surface area contributed by atoms with Gasteiger partial charge in [0.25, 0.3) is 5.91 Å². The minimum absolute atomic E-state index is 0.00489. The van der Waals surface area contributed by atoms with Gasteiger partial charge in [-0.25, -0.2) is 4.79 Å². The van der Waals surface area contributed by atoms with Crippen molar-refractivity contribution in [3.8, 4) is 34.5 Å². The van der Waals surface area contributed by atoms with Gasteiger partial charge in [0, 0.05) is 49.5 Å². The van der Waals surface area contributed by atoms with Crippen molar-refractivity contribution in [3.63, 3.8) is 0 Å². The average molecular weight is 976 g/mol. The number of aromatic nitrogens is 1. The van der Waals surface area contributed by atoms with Gasteiger partial charge in [-0.1, -0.05) is 76.2 Å². The summed E-state index contributed by atoms with van der Waals surface area (Å²) in [7, 11) is 2.58. The molecule has 2 bridgehead atoms. The van der Waals surface area contributed by atoms with Crippen LogP contribution in [0.25, 0.3) is 27.7 Å². The molecule has 2 fully saturated rings. The third-order valence-corrected chi connectivity index (χ3v) is 15.7. The number of primary amides is 1. The number of rotatable bonds is 8. The number of nitrogens with one attached hydrogen (secondary N) is 2. The van der Waals surface area contributed by atoms with E-state index in [9.17, 15) is 44.7 Å². The Morgan fingerprint density at radius 1 is 1.03 bits per heavy atom. The maximum absolute atomic E-state index is 13.9. The van der Waals surface area contributed by atoms with Crippen molar-refractivity contribution in [2.75, 3.05) is 18.2 Å². The van der Waals surface area contributed by atoms with Crippen LogP contribution in [-0.2, 0) is 19.1 Å². The number of benzene rings is 3. The number of hydrogen-bond acceptors (Lipinski definition) is 15. The van der Waals surface area contributed by atoms with Crippen molar-refractivity contribution in [2.45, 2.75) is 73.4 Å². The van der Waals surface area contributed by atoms with E-state index in [1.165, 1.54) is 52.8 Å². The zero-order chi connectivity index (χ0) is 48.5. The molecule has 358 valence electrons. The van der Waals surface area contributed by atoms with Crippen LogP contribution in [0.3, 0.4) is 0 Å². The van der Waals surface area contributed by atoms with Gasteiger partial charge in [0.1, 0.15) is 35.4 Å². The zero-order valence-electron chi connectivity index (χ0n) is 36.9. The molecule has 3 aromatic carbocycles. The molecular formula is C51H49N3O13S2. The topological polar surface area (TPSA) is 264 Å². The Balaban J connectivity index is 1.11. The number of aromatic hydroxyl groups is 1. The Hall–Kier alpha value is -6.14. The number of ether oxygens (including phenoxy) is 3. The van der Waals surface area contributed by atoms with E-state index in [1.54, 1.807) is 0 Å². The summed E-state index contributed by atoms with van der Waals surface area (Å²) in [6.45, 7) is -0.00489. The van der Waals surface area contributed by atoms with Crippen LogP contribution < -0.4 is 21.2 Å². The summed E-state index contributed by atoms with van der Waals surface area (Å²) in [6.07, 6.45) is 3.88. The molecule has 0 radical (unpaired) electrons. The highest BCUT2D eigenvalue weighted by atomic mass is 33.1. The maximum atomic E-state index is 13.9. The van der Waals surface area contributed by atoms with Gasteiger partial charge in [0.15, 0.2) is 18.0 Å². The van der Waals surface area contributed by atoms with Crippen LogP contribution in [-0.4, -0.2) is 103 Å². The summed E-state index contributed by atoms with van der Waals surface area (Å²) >= 11 is 0. The number of allylic oxidation sites excluding steroid dienone is 4. The van der Waals surface area contributed by atoms with E-state index in [2.05, 4.69) is 52.5 Å². The second-order valence-corrected chi connectivity index (χ2v) is 19.9. The number of phenols is 1. The highest BCUT2D eigenvalue weighted by Crippen LogP contribution is 2.47. The number of aliphatic hydroxyl groups is 3. The molecule has 2 aliphatic heterocycles. The lowest BCUT2D eigenvalue weighted by atomic mass is 9.72. The van der Waals surface area contributed by atoms with Gasteiger partial charge >= 0.3 is 5.97 Å². The zero-order valence-corrected chi connectivity index (χ0v) is 38.5. The maximum Gasteiger partial charge on any atom is 0.335 e. The lowest BCUT2D eigenvalue weighted by molar-refractivity contribution is -0.364. The highest BCUT2D eigenvalue weighted by molar-refractivity contribution is 8.76. The Bertz CT molecular complexity index is 2930. The number of nitrogens with two attached hydrogens (primary N) is 1. The van der Waals surface area contributed by atoms with Crippen LogP contribution in [0.5, 0.6) is 11.5 Å². The van der Waals surface area contributed by atoms with Crippen molar-refractivity contribution in [1.82, 2.24) is 10.3 Å². The summed E-state index contributed by atoms with van der Waals surface area (Å²) in [4.78, 5) is 56.1. The molecule has 0 unspecified atom stereocenters. The smallest absolute Gasteiger partial charge is 0.335 e. The number of aldehydes is 1. The lowest BCUT2D eigenvalue weighted by Gasteiger charge is -2.55. The molecule has 10 atom stereocenters. The lowest BCUT2D eigenvalue weighted by Crippen LogP contribution is -2.82. The number of H-pyrrole nitrogens is 1. The summed E-state index contributed by atoms with van der Waals surface area (Å²) in [5.41, 5.74) is 3.29. The molecule has 2 saturated heterocycles. The number of aromatic amines is 1. The number of carbonyl (C=O) groups is 3. The fourth-order valence-corrected chi connectivity index (χ4v) is 12.0. The number of aliphatic hydroxyl groups excluding tert-OH is 2. The van der Waals surface area contributed by atoms with Crippen LogP contribution in [0.15, 0.2) is 113 Å². The van der Waals surface area contributed by atoms with Crippen LogP contribution >= 0.6 is 21.6 Å². The standard InChI is InChI=1S/C51H49N3O13S2/c52-46(59)43-41(31-14-16-33(56)17-15-31)42(57)37-19-18-34(22-40(37)66-43)65-49-51(63)48(62)54-24-38(29-7-3-1-2-6-28-10-12-30(13-11-29)36-9-5-4-8-35(28)36)39(32-20-21-53-23-32)25-68-69-27-64-50(51,26-55)45(58)44(67-49)47(60)61/h4-5,8-10,12-23,26,28-29,38-39,44-45,48-49,53-54,56,58,62-63H,2,6-7,11,24-25,27H2,(H2,52,59)(H,60,61)/b30-13-/t28-,29+,38-,39+,44+,45-,48+,49-,50+,51+/m1/s1. The molecule has 5 aromatic rings. The molecule has 9 N–H and O–H groups in total. The van der Waals surface area contributed by atoms with Gasteiger partial charge in [0.2, 0.25) is 23.1 Å². The predicted molar refractivity (Wildman–Crippen MR) is 258 cm³/mol.